The topological polar surface area (TPSA) is 97.8 Å². The normalized spacial score (nSPS) is 12.7. The summed E-state index contributed by atoms with van der Waals surface area (Å²) in [5, 5.41) is 13.6. The SMILES string of the molecule is CCN(CC)CCCNC(=O)Cc1ccc(-c2[nH]c(O)c3c2C(=O)N=C3c2ccc(C)cc2)cc1. The molecule has 7 heteroatoms. The molecule has 7 nitrogen and oxygen atoms in total. The van der Waals surface area contributed by atoms with E-state index in [1.54, 1.807) is 0 Å². The third-order valence-corrected chi connectivity index (χ3v) is 6.44. The molecule has 3 N–H and O–H groups in total. The molecule has 1 aliphatic heterocycles. The van der Waals surface area contributed by atoms with Crippen LogP contribution in [0.4, 0.5) is 0 Å². The van der Waals surface area contributed by atoms with Gasteiger partial charge in [-0.15, -0.1) is 0 Å². The fourth-order valence-electron chi connectivity index (χ4n) is 4.39. The van der Waals surface area contributed by atoms with Crippen molar-refractivity contribution in [1.82, 2.24) is 15.2 Å². The molecule has 2 aromatic carbocycles. The van der Waals surface area contributed by atoms with Gasteiger partial charge in [0.25, 0.3) is 5.91 Å². The molecule has 0 aliphatic carbocycles. The van der Waals surface area contributed by atoms with Crippen molar-refractivity contribution in [1.29, 1.82) is 0 Å². The van der Waals surface area contributed by atoms with Crippen LogP contribution in [0.3, 0.4) is 0 Å². The first-order valence-corrected chi connectivity index (χ1v) is 12.1. The fourth-order valence-corrected chi connectivity index (χ4v) is 4.39. The van der Waals surface area contributed by atoms with Crippen LogP contribution in [0.15, 0.2) is 53.5 Å². The smallest absolute Gasteiger partial charge is 0.280 e. The highest BCUT2D eigenvalue weighted by molar-refractivity contribution is 6.30. The number of amides is 2. The van der Waals surface area contributed by atoms with Gasteiger partial charge in [0, 0.05) is 12.1 Å². The van der Waals surface area contributed by atoms with Crippen LogP contribution in [0.5, 0.6) is 5.88 Å². The van der Waals surface area contributed by atoms with Crippen LogP contribution >= 0.6 is 0 Å². The Hall–Kier alpha value is -3.71. The predicted octanol–water partition coefficient (Wildman–Crippen LogP) is 4.08. The van der Waals surface area contributed by atoms with Crippen LogP contribution in [0.2, 0.25) is 0 Å². The first-order chi connectivity index (χ1) is 16.9. The summed E-state index contributed by atoms with van der Waals surface area (Å²) in [6.07, 6.45) is 1.22. The Labute approximate surface area is 205 Å². The van der Waals surface area contributed by atoms with Crippen molar-refractivity contribution in [3.63, 3.8) is 0 Å². The minimum absolute atomic E-state index is 0.0120. The third kappa shape index (κ3) is 5.35. The lowest BCUT2D eigenvalue weighted by molar-refractivity contribution is -0.120. The first kappa shape index (κ1) is 24.4. The van der Waals surface area contributed by atoms with E-state index >= 15 is 0 Å². The Balaban J connectivity index is 1.43. The van der Waals surface area contributed by atoms with Crippen molar-refractivity contribution in [3.8, 4) is 17.1 Å². The van der Waals surface area contributed by atoms with Crippen molar-refractivity contribution >= 4 is 17.5 Å². The van der Waals surface area contributed by atoms with E-state index in [4.69, 9.17) is 0 Å². The molecule has 0 saturated heterocycles. The predicted molar refractivity (Wildman–Crippen MR) is 138 cm³/mol. The van der Waals surface area contributed by atoms with Crippen molar-refractivity contribution in [2.24, 2.45) is 4.99 Å². The lowest BCUT2D eigenvalue weighted by Gasteiger charge is -2.17. The number of hydrogen-bond donors (Lipinski definition) is 3. The second kappa shape index (κ2) is 10.7. The molecule has 182 valence electrons. The van der Waals surface area contributed by atoms with E-state index < -0.39 is 0 Å². The van der Waals surface area contributed by atoms with E-state index in [1.165, 1.54) is 0 Å². The number of nitrogens with one attached hydrogen (secondary N) is 2. The minimum Gasteiger partial charge on any atom is -0.494 e. The molecule has 35 heavy (non-hydrogen) atoms. The van der Waals surface area contributed by atoms with E-state index in [9.17, 15) is 14.7 Å². The van der Waals surface area contributed by atoms with Gasteiger partial charge in [-0.2, -0.15) is 0 Å². The average molecular weight is 473 g/mol. The number of nitrogens with zero attached hydrogens (tertiary/aromatic N) is 2. The Morgan fingerprint density at radius 1 is 1.00 bits per heavy atom. The van der Waals surface area contributed by atoms with Crippen molar-refractivity contribution in [2.75, 3.05) is 26.2 Å². The number of aromatic amines is 1. The molecule has 2 heterocycles. The summed E-state index contributed by atoms with van der Waals surface area (Å²) in [6.45, 7) is 9.94. The molecule has 0 atom stereocenters. The summed E-state index contributed by atoms with van der Waals surface area (Å²) >= 11 is 0. The van der Waals surface area contributed by atoms with Crippen LogP contribution in [-0.4, -0.2) is 58.7 Å². The van der Waals surface area contributed by atoms with Crippen LogP contribution < -0.4 is 5.32 Å². The minimum atomic E-state index is -0.379. The number of benzene rings is 2. The number of rotatable bonds is 10. The van der Waals surface area contributed by atoms with Crippen molar-refractivity contribution in [3.05, 3.63) is 76.3 Å². The molecule has 0 saturated carbocycles. The van der Waals surface area contributed by atoms with E-state index in [1.807, 2.05) is 55.5 Å². The van der Waals surface area contributed by atoms with Gasteiger partial charge < -0.3 is 20.3 Å². The number of aromatic nitrogens is 1. The van der Waals surface area contributed by atoms with Gasteiger partial charge in [0.1, 0.15) is 0 Å². The van der Waals surface area contributed by atoms with Gasteiger partial charge in [-0.1, -0.05) is 67.9 Å². The molecular formula is C28H32N4O3. The molecule has 2 amide bonds. The van der Waals surface area contributed by atoms with Gasteiger partial charge in [-0.25, -0.2) is 4.99 Å². The van der Waals surface area contributed by atoms with Crippen LogP contribution in [0.25, 0.3) is 11.3 Å². The van der Waals surface area contributed by atoms with Crippen molar-refractivity contribution < 1.29 is 14.7 Å². The first-order valence-electron chi connectivity index (χ1n) is 12.1. The number of aryl methyl sites for hydroxylation is 1. The molecule has 3 aromatic rings. The Kier molecular flexibility index (Phi) is 7.46. The summed E-state index contributed by atoms with van der Waals surface area (Å²) < 4.78 is 0. The lowest BCUT2D eigenvalue weighted by Crippen LogP contribution is -2.30. The average Bonchev–Trinajstić information content (AvgIpc) is 3.38. The van der Waals surface area contributed by atoms with E-state index in [0.29, 0.717) is 35.5 Å². The monoisotopic (exact) mass is 472 g/mol. The zero-order valence-electron chi connectivity index (χ0n) is 20.5. The fraction of sp³-hybridized carbons (Fsp3) is 0.321. The standard InChI is InChI=1S/C28H32N4O3/c1-4-32(5-2)16-6-15-29-22(33)17-19-9-13-21(14-10-19)26-24-23(27(34)31-26)25(30-28(24)35)20-11-7-18(3)8-12-20/h7-14,31,34H,4-6,15-17H2,1-3H3,(H,29,33). The Bertz CT molecular complexity index is 1240. The highest BCUT2D eigenvalue weighted by atomic mass is 16.3. The molecule has 4 rings (SSSR count). The van der Waals surface area contributed by atoms with Gasteiger partial charge in [-0.05, 0) is 44.1 Å². The molecule has 1 aliphatic rings. The second-order valence-electron chi connectivity index (χ2n) is 8.83. The number of carbonyl (C=O) groups excluding carboxylic acids is 2. The number of H-pyrrole nitrogens is 1. The molecule has 0 fully saturated rings. The Morgan fingerprint density at radius 2 is 1.66 bits per heavy atom. The zero-order valence-corrected chi connectivity index (χ0v) is 20.5. The molecule has 0 radical (unpaired) electrons. The second-order valence-corrected chi connectivity index (χ2v) is 8.83. The van der Waals surface area contributed by atoms with Gasteiger partial charge in [0.05, 0.1) is 29.0 Å². The molecule has 0 unspecified atom stereocenters. The summed E-state index contributed by atoms with van der Waals surface area (Å²) in [6, 6.07) is 15.1. The van der Waals surface area contributed by atoms with E-state index in [2.05, 4.69) is 34.0 Å². The van der Waals surface area contributed by atoms with Gasteiger partial charge in [0.2, 0.25) is 5.91 Å². The summed E-state index contributed by atoms with van der Waals surface area (Å²) in [5.74, 6) is -0.467. The van der Waals surface area contributed by atoms with E-state index in [-0.39, 0.29) is 17.7 Å². The Morgan fingerprint density at radius 3 is 2.31 bits per heavy atom. The van der Waals surface area contributed by atoms with Gasteiger partial charge in [-0.3, -0.25) is 9.59 Å². The maximum Gasteiger partial charge on any atom is 0.280 e. The summed E-state index contributed by atoms with van der Waals surface area (Å²) in [7, 11) is 0. The largest absolute Gasteiger partial charge is 0.494 e. The summed E-state index contributed by atoms with van der Waals surface area (Å²) in [5.41, 5.74) is 5.32. The molecular weight excluding hydrogens is 440 g/mol. The van der Waals surface area contributed by atoms with Crippen LogP contribution in [0.1, 0.15) is 52.9 Å². The van der Waals surface area contributed by atoms with Crippen LogP contribution in [-0.2, 0) is 11.2 Å². The zero-order chi connectivity index (χ0) is 24.9. The highest BCUT2D eigenvalue weighted by Crippen LogP contribution is 2.38. The number of aliphatic imine (C=N–C) groups is 1. The molecule has 0 bridgehead atoms. The highest BCUT2D eigenvalue weighted by Gasteiger charge is 2.33. The lowest BCUT2D eigenvalue weighted by atomic mass is 9.99. The quantitative estimate of drug-likeness (QED) is 0.387. The molecule has 1 aromatic heterocycles. The number of fused-ring (bicyclic) bond motifs is 1. The van der Waals surface area contributed by atoms with Crippen LogP contribution in [0, 0.1) is 6.92 Å². The number of carbonyl (C=O) groups is 2. The van der Waals surface area contributed by atoms with E-state index in [0.717, 1.165) is 48.3 Å². The maximum absolute atomic E-state index is 12.8. The van der Waals surface area contributed by atoms with Gasteiger partial charge >= 0.3 is 0 Å². The van der Waals surface area contributed by atoms with Crippen molar-refractivity contribution in [2.45, 2.75) is 33.6 Å². The summed E-state index contributed by atoms with van der Waals surface area (Å²) in [4.78, 5) is 34.6. The molecule has 0 spiro atoms. The maximum atomic E-state index is 12.8. The number of aromatic hydroxyl groups is 1. The van der Waals surface area contributed by atoms with Gasteiger partial charge in [0.15, 0.2) is 5.88 Å². The number of hydrogen-bond acceptors (Lipinski definition) is 4. The third-order valence-electron chi connectivity index (χ3n) is 6.44.